The largest absolute Gasteiger partial charge is 0.508 e. The van der Waals surface area contributed by atoms with Crippen molar-refractivity contribution in [1.82, 2.24) is 9.62 Å². The Morgan fingerprint density at radius 2 is 1.45 bits per heavy atom. The molecule has 0 aromatic heterocycles. The van der Waals surface area contributed by atoms with Gasteiger partial charge in [0.2, 0.25) is 10.0 Å². The van der Waals surface area contributed by atoms with Gasteiger partial charge < -0.3 is 10.0 Å². The SMILES string of the molecule is O=C(NS(=O)(=O)CC12CC3CC(CC(C3)C1)C2)c1ccc(N2CCN(Cc3ccc(-c4cccc(O)c4)c4ccccc34)CC2)cc1. The summed E-state index contributed by atoms with van der Waals surface area (Å²) in [6, 6.07) is 27.6. The van der Waals surface area contributed by atoms with Crippen molar-refractivity contribution in [2.75, 3.05) is 36.8 Å². The van der Waals surface area contributed by atoms with Gasteiger partial charge in [-0.3, -0.25) is 9.69 Å². The summed E-state index contributed by atoms with van der Waals surface area (Å²) in [5.74, 6) is 1.82. The van der Waals surface area contributed by atoms with Gasteiger partial charge in [-0.15, -0.1) is 0 Å². The van der Waals surface area contributed by atoms with Gasteiger partial charge in [0, 0.05) is 44.0 Å². The smallest absolute Gasteiger partial charge is 0.264 e. The third-order valence-electron chi connectivity index (χ3n) is 11.3. The van der Waals surface area contributed by atoms with Crippen molar-refractivity contribution < 1.29 is 18.3 Å². The number of carbonyl (C=O) groups excluding carboxylic acids is 1. The maximum atomic E-state index is 13.2. The fraction of sp³-hybridized carbons (Fsp3) is 0.410. The van der Waals surface area contributed by atoms with Gasteiger partial charge in [0.25, 0.3) is 5.91 Å². The molecule has 4 aromatic carbocycles. The Bertz CT molecular complexity index is 1880. The van der Waals surface area contributed by atoms with Crippen molar-refractivity contribution in [3.8, 4) is 16.9 Å². The van der Waals surface area contributed by atoms with Crippen LogP contribution in [0.25, 0.3) is 21.9 Å². The van der Waals surface area contributed by atoms with E-state index in [2.05, 4.69) is 50.9 Å². The molecule has 47 heavy (non-hydrogen) atoms. The van der Waals surface area contributed by atoms with Crippen LogP contribution in [-0.4, -0.2) is 56.3 Å². The van der Waals surface area contributed by atoms with Crippen molar-refractivity contribution in [3.05, 3.63) is 96.1 Å². The number of piperazine rings is 1. The van der Waals surface area contributed by atoms with Crippen LogP contribution >= 0.6 is 0 Å². The zero-order valence-electron chi connectivity index (χ0n) is 26.8. The standard InChI is InChI=1S/C39H43N3O4S/c43-34-5-3-4-31(21-34)36-13-10-32(35-6-1-2-7-37(35)36)25-41-14-16-42(17-15-41)33-11-8-30(9-12-33)38(44)40-47(45,46)26-39-22-27-18-28(23-39)20-29(19-27)24-39/h1-13,21,27-29,43H,14-20,22-26H2,(H,40,44). The highest BCUT2D eigenvalue weighted by Gasteiger charge is 2.52. The van der Waals surface area contributed by atoms with E-state index in [1.54, 1.807) is 18.2 Å². The number of nitrogens with zero attached hydrogens (tertiary/aromatic N) is 2. The van der Waals surface area contributed by atoms with E-state index in [0.717, 1.165) is 68.8 Å². The molecule has 4 saturated carbocycles. The summed E-state index contributed by atoms with van der Waals surface area (Å²) in [6.45, 7) is 4.40. The van der Waals surface area contributed by atoms with Gasteiger partial charge in [-0.25, -0.2) is 13.1 Å². The Labute approximate surface area is 277 Å². The molecule has 4 bridgehead atoms. The van der Waals surface area contributed by atoms with Crippen LogP contribution in [-0.2, 0) is 16.6 Å². The van der Waals surface area contributed by atoms with Gasteiger partial charge in [-0.1, -0.05) is 48.5 Å². The summed E-state index contributed by atoms with van der Waals surface area (Å²) in [4.78, 5) is 17.8. The van der Waals surface area contributed by atoms with Gasteiger partial charge in [-0.2, -0.15) is 0 Å². The lowest BCUT2D eigenvalue weighted by Gasteiger charge is -2.56. The molecule has 7 nitrogen and oxygen atoms in total. The average molecular weight is 650 g/mol. The molecule has 0 radical (unpaired) electrons. The third kappa shape index (κ3) is 6.25. The number of anilines is 1. The van der Waals surface area contributed by atoms with E-state index in [1.165, 1.54) is 35.6 Å². The predicted molar refractivity (Wildman–Crippen MR) is 187 cm³/mol. The lowest BCUT2D eigenvalue weighted by molar-refractivity contribution is -0.0391. The Morgan fingerprint density at radius 1 is 0.787 bits per heavy atom. The lowest BCUT2D eigenvalue weighted by atomic mass is 9.50. The third-order valence-corrected chi connectivity index (χ3v) is 12.8. The van der Waals surface area contributed by atoms with E-state index in [1.807, 2.05) is 30.3 Å². The van der Waals surface area contributed by atoms with E-state index in [4.69, 9.17) is 0 Å². The molecule has 1 amide bonds. The molecule has 9 rings (SSSR count). The monoisotopic (exact) mass is 649 g/mol. The van der Waals surface area contributed by atoms with Crippen LogP contribution in [0.4, 0.5) is 5.69 Å². The fourth-order valence-electron chi connectivity index (χ4n) is 9.76. The number of sulfonamides is 1. The highest BCUT2D eigenvalue weighted by Crippen LogP contribution is 2.60. The minimum atomic E-state index is -3.71. The molecule has 2 N–H and O–H groups in total. The fourth-order valence-corrected chi connectivity index (χ4v) is 11.4. The van der Waals surface area contributed by atoms with E-state index >= 15 is 0 Å². The summed E-state index contributed by atoms with van der Waals surface area (Å²) in [5.41, 5.74) is 4.68. The van der Waals surface area contributed by atoms with Gasteiger partial charge in [-0.05, 0) is 126 Å². The zero-order chi connectivity index (χ0) is 32.2. The molecule has 244 valence electrons. The summed E-state index contributed by atoms with van der Waals surface area (Å²) >= 11 is 0. The first kappa shape index (κ1) is 30.5. The number of aromatic hydroxyl groups is 1. The highest BCUT2D eigenvalue weighted by molar-refractivity contribution is 7.90. The minimum Gasteiger partial charge on any atom is -0.508 e. The summed E-state index contributed by atoms with van der Waals surface area (Å²) in [7, 11) is -3.71. The average Bonchev–Trinajstić information content (AvgIpc) is 3.04. The molecule has 4 aliphatic carbocycles. The lowest BCUT2D eigenvalue weighted by Crippen LogP contribution is -2.51. The maximum absolute atomic E-state index is 13.2. The van der Waals surface area contributed by atoms with Gasteiger partial charge in [0.15, 0.2) is 0 Å². The van der Waals surface area contributed by atoms with E-state index < -0.39 is 15.9 Å². The second kappa shape index (κ2) is 12.0. The molecule has 5 aliphatic rings. The van der Waals surface area contributed by atoms with Gasteiger partial charge in [0.05, 0.1) is 5.75 Å². The molecule has 4 aromatic rings. The summed E-state index contributed by atoms with van der Waals surface area (Å²) < 4.78 is 28.8. The Hall–Kier alpha value is -3.88. The van der Waals surface area contributed by atoms with Gasteiger partial charge in [0.1, 0.15) is 5.75 Å². The topological polar surface area (TPSA) is 90.0 Å². The molecule has 1 heterocycles. The summed E-state index contributed by atoms with van der Waals surface area (Å²) in [5, 5.41) is 12.4. The molecular weight excluding hydrogens is 607 g/mol. The molecule has 5 fully saturated rings. The first-order valence-electron chi connectivity index (χ1n) is 17.1. The number of nitrogens with one attached hydrogen (secondary N) is 1. The molecule has 1 aliphatic heterocycles. The van der Waals surface area contributed by atoms with Crippen molar-refractivity contribution in [2.45, 2.75) is 45.1 Å². The van der Waals surface area contributed by atoms with E-state index in [-0.39, 0.29) is 16.9 Å². The first-order chi connectivity index (χ1) is 22.7. The number of carbonyl (C=O) groups is 1. The van der Waals surface area contributed by atoms with Crippen molar-refractivity contribution in [3.63, 3.8) is 0 Å². The molecule has 0 unspecified atom stereocenters. The van der Waals surface area contributed by atoms with Crippen LogP contribution in [0.2, 0.25) is 0 Å². The predicted octanol–water partition coefficient (Wildman–Crippen LogP) is 6.81. The van der Waals surface area contributed by atoms with Crippen LogP contribution in [0, 0.1) is 23.2 Å². The van der Waals surface area contributed by atoms with Crippen molar-refractivity contribution in [2.24, 2.45) is 23.2 Å². The number of benzene rings is 4. The number of rotatable bonds is 8. The molecule has 8 heteroatoms. The first-order valence-corrected chi connectivity index (χ1v) is 18.8. The van der Waals surface area contributed by atoms with Crippen LogP contribution in [0.3, 0.4) is 0 Å². The molecule has 0 spiro atoms. The number of fused-ring (bicyclic) bond motifs is 1. The second-order valence-corrected chi connectivity index (χ2v) is 16.5. The van der Waals surface area contributed by atoms with Crippen LogP contribution in [0.15, 0.2) is 84.9 Å². The number of amides is 1. The Kier molecular flexibility index (Phi) is 7.76. The quantitative estimate of drug-likeness (QED) is 0.218. The minimum absolute atomic E-state index is 0.0785. The highest BCUT2D eigenvalue weighted by atomic mass is 32.2. The maximum Gasteiger partial charge on any atom is 0.264 e. The normalized spacial score (nSPS) is 25.7. The zero-order valence-corrected chi connectivity index (χ0v) is 27.6. The van der Waals surface area contributed by atoms with E-state index in [0.29, 0.717) is 23.3 Å². The van der Waals surface area contributed by atoms with E-state index in [9.17, 15) is 18.3 Å². The van der Waals surface area contributed by atoms with Crippen LogP contribution < -0.4 is 9.62 Å². The number of phenolic OH excluding ortho intramolecular Hbond substituents is 1. The number of hydrogen-bond donors (Lipinski definition) is 2. The van der Waals surface area contributed by atoms with Crippen molar-refractivity contribution in [1.29, 1.82) is 0 Å². The number of hydrogen-bond acceptors (Lipinski definition) is 6. The molecule has 1 saturated heterocycles. The van der Waals surface area contributed by atoms with Crippen LogP contribution in [0.5, 0.6) is 5.75 Å². The number of phenols is 1. The Morgan fingerprint density at radius 3 is 2.11 bits per heavy atom. The van der Waals surface area contributed by atoms with Crippen molar-refractivity contribution >= 4 is 32.4 Å². The van der Waals surface area contributed by atoms with Crippen LogP contribution in [0.1, 0.15) is 54.4 Å². The summed E-state index contributed by atoms with van der Waals surface area (Å²) in [6.07, 6.45) is 6.79. The van der Waals surface area contributed by atoms with Gasteiger partial charge >= 0.3 is 0 Å². The Balaban J connectivity index is 0.879. The molecule has 0 atom stereocenters. The second-order valence-electron chi connectivity index (χ2n) is 14.8. The molecular formula is C39H43N3O4S.